The van der Waals surface area contributed by atoms with Gasteiger partial charge in [0.1, 0.15) is 11.6 Å². The summed E-state index contributed by atoms with van der Waals surface area (Å²) in [6, 6.07) is 1.55. The van der Waals surface area contributed by atoms with Gasteiger partial charge in [0, 0.05) is 12.1 Å². The van der Waals surface area contributed by atoms with Gasteiger partial charge in [-0.25, -0.2) is 13.6 Å². The van der Waals surface area contributed by atoms with E-state index in [9.17, 15) is 13.6 Å². The Hall–Kier alpha value is -1.21. The Balaban J connectivity index is 1.93. The van der Waals surface area contributed by atoms with E-state index < -0.39 is 17.7 Å². The molecule has 0 aromatic heterocycles. The minimum Gasteiger partial charge on any atom is -0.335 e. The topological polar surface area (TPSA) is 44.4 Å². The molecule has 7 heteroatoms. The van der Waals surface area contributed by atoms with Crippen LogP contribution >= 0.6 is 15.9 Å². The highest BCUT2D eigenvalue weighted by molar-refractivity contribution is 9.10. The minimum absolute atomic E-state index is 0.0521. The number of carbonyl (C=O) groups is 1. The molecule has 20 heavy (non-hydrogen) atoms. The fourth-order valence-corrected chi connectivity index (χ4v) is 2.46. The molecule has 1 aliphatic rings. The average Bonchev–Trinajstić information content (AvgIpc) is 2.39. The first-order chi connectivity index (χ1) is 9.45. The van der Waals surface area contributed by atoms with Crippen molar-refractivity contribution in [3.05, 3.63) is 28.2 Å². The number of benzene rings is 1. The van der Waals surface area contributed by atoms with Crippen molar-refractivity contribution in [2.75, 3.05) is 25.5 Å². The van der Waals surface area contributed by atoms with Crippen molar-refractivity contribution in [1.82, 2.24) is 10.2 Å². The van der Waals surface area contributed by atoms with Crippen LogP contribution in [0, 0.1) is 11.6 Å². The maximum absolute atomic E-state index is 13.5. The molecule has 0 radical (unpaired) electrons. The second-order valence-corrected chi connectivity index (χ2v) is 5.78. The van der Waals surface area contributed by atoms with Crippen LogP contribution in [0.2, 0.25) is 0 Å². The molecule has 2 N–H and O–H groups in total. The van der Waals surface area contributed by atoms with Crippen LogP contribution in [0.25, 0.3) is 0 Å². The van der Waals surface area contributed by atoms with Crippen LogP contribution in [0.3, 0.4) is 0 Å². The highest BCUT2D eigenvalue weighted by Gasteiger charge is 2.19. The molecule has 2 amide bonds. The number of carbonyl (C=O) groups excluding carboxylic acids is 1. The van der Waals surface area contributed by atoms with Gasteiger partial charge < -0.3 is 15.5 Å². The first-order valence-corrected chi connectivity index (χ1v) is 7.15. The Morgan fingerprint density at radius 1 is 1.30 bits per heavy atom. The molecule has 4 nitrogen and oxygen atoms in total. The van der Waals surface area contributed by atoms with Crippen molar-refractivity contribution in [3.8, 4) is 0 Å². The van der Waals surface area contributed by atoms with Gasteiger partial charge in [0.25, 0.3) is 0 Å². The number of amides is 2. The minimum atomic E-state index is -0.802. The number of rotatable bonds is 2. The first-order valence-electron chi connectivity index (χ1n) is 6.36. The molecule has 1 heterocycles. The van der Waals surface area contributed by atoms with Gasteiger partial charge in [0.2, 0.25) is 0 Å². The van der Waals surface area contributed by atoms with Gasteiger partial charge in [0.15, 0.2) is 0 Å². The number of hydrogen-bond acceptors (Lipinski definition) is 2. The Labute approximate surface area is 124 Å². The maximum atomic E-state index is 13.5. The fourth-order valence-electron chi connectivity index (χ4n) is 2.12. The number of anilines is 1. The van der Waals surface area contributed by atoms with Crippen molar-refractivity contribution in [2.45, 2.75) is 18.9 Å². The molecule has 0 bridgehead atoms. The van der Waals surface area contributed by atoms with E-state index in [1.165, 1.54) is 6.07 Å². The SMILES string of the molecule is CN1CCC(NC(=O)Nc2cc(Br)c(F)cc2F)CC1. The lowest BCUT2D eigenvalue weighted by Crippen LogP contribution is -2.44. The predicted molar refractivity (Wildman–Crippen MR) is 76.7 cm³/mol. The molecule has 0 spiro atoms. The molecule has 0 unspecified atom stereocenters. The summed E-state index contributed by atoms with van der Waals surface area (Å²) in [4.78, 5) is 14.0. The van der Waals surface area contributed by atoms with Crippen molar-refractivity contribution >= 4 is 27.6 Å². The largest absolute Gasteiger partial charge is 0.335 e. The van der Waals surface area contributed by atoms with E-state index >= 15 is 0 Å². The molecule has 110 valence electrons. The van der Waals surface area contributed by atoms with Crippen LogP contribution < -0.4 is 10.6 Å². The van der Waals surface area contributed by atoms with E-state index in [0.29, 0.717) is 0 Å². The molecular weight excluding hydrogens is 332 g/mol. The zero-order valence-corrected chi connectivity index (χ0v) is 12.6. The lowest BCUT2D eigenvalue weighted by molar-refractivity contribution is 0.221. The highest BCUT2D eigenvalue weighted by atomic mass is 79.9. The van der Waals surface area contributed by atoms with Crippen LogP contribution in [0.15, 0.2) is 16.6 Å². The summed E-state index contributed by atoms with van der Waals surface area (Å²) >= 11 is 2.96. The number of piperidine rings is 1. The van der Waals surface area contributed by atoms with Crippen LogP contribution in [0.1, 0.15) is 12.8 Å². The molecular formula is C13H16BrF2N3O. The Kier molecular flexibility index (Phi) is 4.93. The molecule has 2 rings (SSSR count). The quantitative estimate of drug-likeness (QED) is 0.808. The summed E-state index contributed by atoms with van der Waals surface area (Å²) in [7, 11) is 2.03. The fraction of sp³-hybridized carbons (Fsp3) is 0.462. The van der Waals surface area contributed by atoms with Crippen LogP contribution in [-0.4, -0.2) is 37.1 Å². The maximum Gasteiger partial charge on any atom is 0.319 e. The number of nitrogens with zero attached hydrogens (tertiary/aromatic N) is 1. The molecule has 0 aliphatic carbocycles. The van der Waals surface area contributed by atoms with E-state index in [1.54, 1.807) is 0 Å². The Bertz CT molecular complexity index is 505. The van der Waals surface area contributed by atoms with Crippen LogP contribution in [0.5, 0.6) is 0 Å². The monoisotopic (exact) mass is 347 g/mol. The highest BCUT2D eigenvalue weighted by Crippen LogP contribution is 2.23. The van der Waals surface area contributed by atoms with E-state index in [2.05, 4.69) is 31.5 Å². The zero-order valence-electron chi connectivity index (χ0n) is 11.0. The third-order valence-electron chi connectivity index (χ3n) is 3.31. The van der Waals surface area contributed by atoms with E-state index in [4.69, 9.17) is 0 Å². The summed E-state index contributed by atoms with van der Waals surface area (Å²) < 4.78 is 26.7. The van der Waals surface area contributed by atoms with Gasteiger partial charge in [-0.1, -0.05) is 0 Å². The molecule has 1 aromatic rings. The van der Waals surface area contributed by atoms with Crippen LogP contribution in [0.4, 0.5) is 19.3 Å². The molecule has 1 fully saturated rings. The van der Waals surface area contributed by atoms with Gasteiger partial charge in [-0.05, 0) is 55.0 Å². The van der Waals surface area contributed by atoms with Crippen molar-refractivity contribution in [1.29, 1.82) is 0 Å². The summed E-state index contributed by atoms with van der Waals surface area (Å²) in [5.74, 6) is -1.51. The predicted octanol–water partition coefficient (Wildman–Crippen LogP) is 2.94. The zero-order chi connectivity index (χ0) is 14.7. The van der Waals surface area contributed by atoms with Crippen molar-refractivity contribution in [2.24, 2.45) is 0 Å². The number of hydrogen-bond donors (Lipinski definition) is 2. The van der Waals surface area contributed by atoms with Gasteiger partial charge in [-0.15, -0.1) is 0 Å². The second kappa shape index (κ2) is 6.49. The second-order valence-electron chi connectivity index (χ2n) is 4.92. The normalized spacial score (nSPS) is 17.0. The van der Waals surface area contributed by atoms with Crippen LogP contribution in [-0.2, 0) is 0 Å². The Morgan fingerprint density at radius 3 is 2.60 bits per heavy atom. The number of halogens is 3. The van der Waals surface area contributed by atoms with E-state index in [0.717, 1.165) is 32.0 Å². The van der Waals surface area contributed by atoms with Crippen molar-refractivity contribution < 1.29 is 13.6 Å². The third-order valence-corrected chi connectivity index (χ3v) is 3.92. The summed E-state index contributed by atoms with van der Waals surface area (Å²) in [6.45, 7) is 1.84. The van der Waals surface area contributed by atoms with Gasteiger partial charge in [0.05, 0.1) is 10.2 Å². The number of likely N-dealkylation sites (tertiary alicyclic amines) is 1. The molecule has 1 aromatic carbocycles. The Morgan fingerprint density at radius 2 is 1.95 bits per heavy atom. The van der Waals surface area contributed by atoms with Gasteiger partial charge in [-0.2, -0.15) is 0 Å². The smallest absolute Gasteiger partial charge is 0.319 e. The lowest BCUT2D eigenvalue weighted by Gasteiger charge is -2.29. The van der Waals surface area contributed by atoms with E-state index in [-0.39, 0.29) is 16.2 Å². The molecule has 0 atom stereocenters. The standard InChI is InChI=1S/C13H16BrF2N3O/c1-19-4-2-8(3-5-19)17-13(20)18-12-6-9(14)10(15)7-11(12)16/h6-8H,2-5H2,1H3,(H2,17,18,20). The molecule has 1 saturated heterocycles. The summed E-state index contributed by atoms with van der Waals surface area (Å²) in [6.07, 6.45) is 1.72. The molecule has 1 aliphatic heterocycles. The molecule has 0 saturated carbocycles. The lowest BCUT2D eigenvalue weighted by atomic mass is 10.1. The summed E-state index contributed by atoms with van der Waals surface area (Å²) in [5, 5.41) is 5.20. The number of urea groups is 1. The van der Waals surface area contributed by atoms with E-state index in [1.807, 2.05) is 7.05 Å². The average molecular weight is 348 g/mol. The van der Waals surface area contributed by atoms with Crippen molar-refractivity contribution in [3.63, 3.8) is 0 Å². The summed E-state index contributed by atoms with van der Waals surface area (Å²) in [5.41, 5.74) is -0.0521. The first kappa shape index (κ1) is 15.2. The van der Waals surface area contributed by atoms with Gasteiger partial charge >= 0.3 is 6.03 Å². The third kappa shape index (κ3) is 3.89. The number of nitrogens with one attached hydrogen (secondary N) is 2. The van der Waals surface area contributed by atoms with Gasteiger partial charge in [-0.3, -0.25) is 0 Å².